The Morgan fingerprint density at radius 2 is 1.76 bits per heavy atom. The predicted molar refractivity (Wildman–Crippen MR) is 116 cm³/mol. The molecule has 1 saturated carbocycles. The molecule has 4 nitrogen and oxygen atoms in total. The van der Waals surface area contributed by atoms with Gasteiger partial charge in [-0.2, -0.15) is 0 Å². The average Bonchev–Trinajstić information content (AvgIpc) is 3.22. The molecule has 0 bridgehead atoms. The largest absolute Gasteiger partial charge is 0.486 e. The third-order valence-corrected chi connectivity index (χ3v) is 7.10. The van der Waals surface area contributed by atoms with Gasteiger partial charge in [-0.25, -0.2) is 0 Å². The van der Waals surface area contributed by atoms with Gasteiger partial charge in [-0.1, -0.05) is 24.3 Å². The molecule has 2 heterocycles. The van der Waals surface area contributed by atoms with Crippen molar-refractivity contribution in [2.24, 2.45) is 5.92 Å². The number of hydrogen-bond donors (Lipinski definition) is 1. The van der Waals surface area contributed by atoms with E-state index in [0.717, 1.165) is 48.6 Å². The van der Waals surface area contributed by atoms with Crippen LogP contribution in [0.25, 0.3) is 10.1 Å². The average molecular weight is 408 g/mol. The van der Waals surface area contributed by atoms with Crippen LogP contribution in [0, 0.1) is 5.92 Å². The first-order valence-electron chi connectivity index (χ1n) is 10.4. The number of carbonyl (C=O) groups is 1. The Kier molecular flexibility index (Phi) is 5.25. The van der Waals surface area contributed by atoms with Crippen LogP contribution in [-0.4, -0.2) is 25.0 Å². The second-order valence-corrected chi connectivity index (χ2v) is 9.00. The maximum absolute atomic E-state index is 13.0. The van der Waals surface area contributed by atoms with Gasteiger partial charge in [0.1, 0.15) is 13.2 Å². The molecule has 2 aliphatic rings. The highest BCUT2D eigenvalue weighted by molar-refractivity contribution is 7.20. The number of fused-ring (bicyclic) bond motifs is 2. The van der Waals surface area contributed by atoms with E-state index in [-0.39, 0.29) is 5.92 Å². The van der Waals surface area contributed by atoms with E-state index < -0.39 is 0 Å². The van der Waals surface area contributed by atoms with Crippen LogP contribution >= 0.6 is 11.3 Å². The molecule has 1 aromatic heterocycles. The number of Topliss-reactive ketones (excluding diaryl/α,β-unsaturated/α-hetero) is 1. The first-order chi connectivity index (χ1) is 14.3. The maximum atomic E-state index is 13.0. The molecule has 1 fully saturated rings. The maximum Gasteiger partial charge on any atom is 0.175 e. The van der Waals surface area contributed by atoms with Gasteiger partial charge in [0, 0.05) is 23.2 Å². The predicted octanol–water partition coefficient (Wildman–Crippen LogP) is 5.20. The first-order valence-corrected chi connectivity index (χ1v) is 11.2. The van der Waals surface area contributed by atoms with Gasteiger partial charge in [0.2, 0.25) is 0 Å². The Morgan fingerprint density at radius 3 is 2.59 bits per heavy atom. The molecule has 29 heavy (non-hydrogen) atoms. The Balaban J connectivity index is 1.15. The third kappa shape index (κ3) is 4.02. The molecule has 0 spiro atoms. The number of hydrogen-bond acceptors (Lipinski definition) is 5. The van der Waals surface area contributed by atoms with Crippen LogP contribution in [0.2, 0.25) is 0 Å². The van der Waals surface area contributed by atoms with Crippen molar-refractivity contribution in [3.63, 3.8) is 0 Å². The molecule has 0 atom stereocenters. The SMILES string of the molecule is O=C(c1cc2ccccc2s1)C1CCC(NCc2ccc3c(c2)OCCO3)CC1. The van der Waals surface area contributed by atoms with E-state index in [1.165, 1.54) is 15.6 Å². The van der Waals surface area contributed by atoms with Crippen molar-refractivity contribution in [1.29, 1.82) is 0 Å². The molecule has 1 N–H and O–H groups in total. The molecule has 1 aliphatic heterocycles. The standard InChI is InChI=1S/C24H25NO3S/c26-24(23-14-18-3-1-2-4-22(18)29-23)17-6-8-19(9-7-17)25-15-16-5-10-20-21(13-16)28-12-11-27-20/h1-5,10,13-14,17,19,25H,6-9,11-12,15H2. The fourth-order valence-corrected chi connectivity index (χ4v) is 5.41. The highest BCUT2D eigenvalue weighted by Gasteiger charge is 2.27. The fraction of sp³-hybridized carbons (Fsp3) is 0.375. The van der Waals surface area contributed by atoms with Crippen molar-refractivity contribution in [3.8, 4) is 11.5 Å². The summed E-state index contributed by atoms with van der Waals surface area (Å²) in [4.78, 5) is 13.9. The lowest BCUT2D eigenvalue weighted by molar-refractivity contribution is 0.0883. The zero-order valence-electron chi connectivity index (χ0n) is 16.4. The van der Waals surface area contributed by atoms with Gasteiger partial charge in [0.25, 0.3) is 0 Å². The Bertz CT molecular complexity index is 987. The van der Waals surface area contributed by atoms with Crippen molar-refractivity contribution < 1.29 is 14.3 Å². The number of benzene rings is 2. The summed E-state index contributed by atoms with van der Waals surface area (Å²) < 4.78 is 12.5. The fourth-order valence-electron chi connectivity index (χ4n) is 4.32. The van der Waals surface area contributed by atoms with E-state index in [1.54, 1.807) is 11.3 Å². The van der Waals surface area contributed by atoms with Crippen LogP contribution < -0.4 is 14.8 Å². The lowest BCUT2D eigenvalue weighted by Crippen LogP contribution is -2.34. The van der Waals surface area contributed by atoms with Gasteiger partial charge in [0.05, 0.1) is 4.88 Å². The highest BCUT2D eigenvalue weighted by atomic mass is 32.1. The van der Waals surface area contributed by atoms with Crippen molar-refractivity contribution in [3.05, 3.63) is 59.0 Å². The van der Waals surface area contributed by atoms with Crippen molar-refractivity contribution in [2.45, 2.75) is 38.3 Å². The Labute approximate surface area is 174 Å². The molecular formula is C24H25NO3S. The van der Waals surface area contributed by atoms with E-state index in [0.29, 0.717) is 25.0 Å². The summed E-state index contributed by atoms with van der Waals surface area (Å²) in [5.41, 5.74) is 1.21. The van der Waals surface area contributed by atoms with Crippen LogP contribution in [0.1, 0.15) is 40.9 Å². The monoisotopic (exact) mass is 407 g/mol. The normalized spacial score (nSPS) is 21.2. The lowest BCUT2D eigenvalue weighted by Gasteiger charge is -2.28. The molecule has 150 valence electrons. The summed E-state index contributed by atoms with van der Waals surface area (Å²) in [5, 5.41) is 4.84. The van der Waals surface area contributed by atoms with Crippen LogP contribution in [-0.2, 0) is 6.54 Å². The lowest BCUT2D eigenvalue weighted by atomic mass is 9.83. The molecule has 0 saturated heterocycles. The molecule has 5 rings (SSSR count). The second-order valence-electron chi connectivity index (χ2n) is 7.92. The van der Waals surface area contributed by atoms with Crippen molar-refractivity contribution in [2.75, 3.05) is 13.2 Å². The van der Waals surface area contributed by atoms with E-state index >= 15 is 0 Å². The van der Waals surface area contributed by atoms with E-state index in [4.69, 9.17) is 9.47 Å². The molecule has 0 radical (unpaired) electrons. The molecule has 5 heteroatoms. The van der Waals surface area contributed by atoms with Gasteiger partial charge in [-0.3, -0.25) is 4.79 Å². The molecule has 2 aromatic carbocycles. The quantitative estimate of drug-likeness (QED) is 0.590. The second kappa shape index (κ2) is 8.17. The van der Waals surface area contributed by atoms with Crippen molar-refractivity contribution in [1.82, 2.24) is 5.32 Å². The van der Waals surface area contributed by atoms with E-state index in [1.807, 2.05) is 18.2 Å². The summed E-state index contributed by atoms with van der Waals surface area (Å²) in [6.07, 6.45) is 4.02. The summed E-state index contributed by atoms with van der Waals surface area (Å²) >= 11 is 1.63. The topological polar surface area (TPSA) is 47.6 Å². The van der Waals surface area contributed by atoms with Gasteiger partial charge < -0.3 is 14.8 Å². The number of rotatable bonds is 5. The van der Waals surface area contributed by atoms with Crippen LogP contribution in [0.15, 0.2) is 48.5 Å². The summed E-state index contributed by atoms with van der Waals surface area (Å²) in [5.74, 6) is 2.17. The summed E-state index contributed by atoms with van der Waals surface area (Å²) in [6, 6.07) is 16.9. The van der Waals surface area contributed by atoms with Crippen LogP contribution in [0.5, 0.6) is 11.5 Å². The molecule has 0 unspecified atom stereocenters. The smallest absolute Gasteiger partial charge is 0.175 e. The number of nitrogens with one attached hydrogen (secondary N) is 1. The van der Waals surface area contributed by atoms with Gasteiger partial charge >= 0.3 is 0 Å². The summed E-state index contributed by atoms with van der Waals surface area (Å²) in [7, 11) is 0. The van der Waals surface area contributed by atoms with Gasteiger partial charge in [0.15, 0.2) is 17.3 Å². The molecule has 1 aliphatic carbocycles. The molecular weight excluding hydrogens is 382 g/mol. The number of carbonyl (C=O) groups excluding carboxylic acids is 1. The zero-order valence-corrected chi connectivity index (χ0v) is 17.2. The van der Waals surface area contributed by atoms with Gasteiger partial charge in [-0.15, -0.1) is 11.3 Å². The van der Waals surface area contributed by atoms with Crippen LogP contribution in [0.4, 0.5) is 0 Å². The van der Waals surface area contributed by atoms with Crippen LogP contribution in [0.3, 0.4) is 0 Å². The molecule has 0 amide bonds. The Hall–Kier alpha value is -2.37. The minimum Gasteiger partial charge on any atom is -0.486 e. The first kappa shape index (κ1) is 18.6. The van der Waals surface area contributed by atoms with Crippen molar-refractivity contribution >= 4 is 27.2 Å². The highest BCUT2D eigenvalue weighted by Crippen LogP contribution is 2.33. The van der Waals surface area contributed by atoms with Gasteiger partial charge in [-0.05, 0) is 60.9 Å². The third-order valence-electron chi connectivity index (χ3n) is 5.97. The summed E-state index contributed by atoms with van der Waals surface area (Å²) in [6.45, 7) is 2.05. The zero-order chi connectivity index (χ0) is 19.6. The van der Waals surface area contributed by atoms with E-state index in [2.05, 4.69) is 35.6 Å². The van der Waals surface area contributed by atoms with E-state index in [9.17, 15) is 4.79 Å². The minimum absolute atomic E-state index is 0.162. The molecule has 3 aromatic rings. The number of ether oxygens (including phenoxy) is 2. The number of ketones is 1. The minimum atomic E-state index is 0.162. The number of thiophene rings is 1. The Morgan fingerprint density at radius 1 is 0.966 bits per heavy atom.